The molecule has 17 heavy (non-hydrogen) atoms. The largest absolute Gasteiger partial charge is 0.327 e. The van der Waals surface area contributed by atoms with Gasteiger partial charge < -0.3 is 11.1 Å². The summed E-state index contributed by atoms with van der Waals surface area (Å²) >= 11 is 2.87. The van der Waals surface area contributed by atoms with Crippen LogP contribution in [0.25, 0.3) is 0 Å². The van der Waals surface area contributed by atoms with Crippen molar-refractivity contribution >= 4 is 34.0 Å². The minimum atomic E-state index is -0.0859. The number of amides is 1. The number of nitrogens with two attached hydrogens (primary N) is 1. The van der Waals surface area contributed by atoms with Gasteiger partial charge in [0.1, 0.15) is 11.1 Å². The van der Waals surface area contributed by atoms with Crippen molar-refractivity contribution in [3.05, 3.63) is 17.0 Å². The van der Waals surface area contributed by atoms with Gasteiger partial charge >= 0.3 is 0 Å². The molecule has 1 aromatic rings. The quantitative estimate of drug-likeness (QED) is 0.828. The molecule has 1 heterocycles. The molecule has 0 radical (unpaired) electrons. The zero-order valence-electron chi connectivity index (χ0n) is 9.60. The summed E-state index contributed by atoms with van der Waals surface area (Å²) in [5, 5.41) is 13.9. The van der Waals surface area contributed by atoms with E-state index in [9.17, 15) is 4.79 Å². The van der Waals surface area contributed by atoms with Crippen LogP contribution in [0, 0.1) is 11.3 Å². The lowest BCUT2D eigenvalue weighted by Gasteiger charge is -2.07. The molecule has 0 spiro atoms. The predicted octanol–water partition coefficient (Wildman–Crippen LogP) is 2.03. The molecule has 6 heteroatoms. The third-order valence-corrected chi connectivity index (χ3v) is 4.09. The van der Waals surface area contributed by atoms with E-state index in [4.69, 9.17) is 11.0 Å². The van der Waals surface area contributed by atoms with Crippen molar-refractivity contribution in [3.63, 3.8) is 0 Å². The van der Waals surface area contributed by atoms with Gasteiger partial charge in [-0.1, -0.05) is 6.92 Å². The topological polar surface area (TPSA) is 78.9 Å². The summed E-state index contributed by atoms with van der Waals surface area (Å²) in [5.41, 5.74) is 6.26. The highest BCUT2D eigenvalue weighted by atomic mass is 32.2. The summed E-state index contributed by atoms with van der Waals surface area (Å²) in [6.07, 6.45) is 0.915. The van der Waals surface area contributed by atoms with Gasteiger partial charge in [-0.05, 0) is 17.9 Å². The maximum atomic E-state index is 11.6. The van der Waals surface area contributed by atoms with Crippen LogP contribution in [0.2, 0.25) is 0 Å². The SMILES string of the molecule is CCC(N)CSCC(=O)Nc1sccc1C#N. The summed E-state index contributed by atoms with van der Waals surface area (Å²) in [5.74, 6) is 1.06. The Hall–Kier alpha value is -1.03. The van der Waals surface area contributed by atoms with Gasteiger partial charge in [-0.25, -0.2) is 0 Å². The average molecular weight is 269 g/mol. The number of carbonyl (C=O) groups excluding carboxylic acids is 1. The van der Waals surface area contributed by atoms with Crippen molar-refractivity contribution in [1.29, 1.82) is 5.26 Å². The highest BCUT2D eigenvalue weighted by molar-refractivity contribution is 8.00. The number of nitriles is 1. The molecule has 0 saturated heterocycles. The van der Waals surface area contributed by atoms with Crippen LogP contribution in [0.15, 0.2) is 11.4 Å². The van der Waals surface area contributed by atoms with E-state index in [2.05, 4.69) is 5.32 Å². The fraction of sp³-hybridized carbons (Fsp3) is 0.455. The second kappa shape index (κ2) is 7.33. The molecular weight excluding hydrogens is 254 g/mol. The highest BCUT2D eigenvalue weighted by Gasteiger charge is 2.08. The molecule has 3 N–H and O–H groups in total. The predicted molar refractivity (Wildman–Crippen MR) is 73.3 cm³/mol. The monoisotopic (exact) mass is 269 g/mol. The van der Waals surface area contributed by atoms with Gasteiger partial charge in [-0.3, -0.25) is 4.79 Å². The van der Waals surface area contributed by atoms with E-state index in [1.54, 1.807) is 11.4 Å². The third-order valence-electron chi connectivity index (χ3n) is 2.13. The lowest BCUT2D eigenvalue weighted by atomic mass is 10.3. The standard InChI is InChI=1S/C11H15N3OS2/c1-2-9(13)6-16-7-10(15)14-11-8(5-12)3-4-17-11/h3-4,9H,2,6-7,13H2,1H3,(H,14,15). The van der Waals surface area contributed by atoms with E-state index in [0.29, 0.717) is 16.3 Å². The van der Waals surface area contributed by atoms with Gasteiger partial charge in [-0.15, -0.1) is 11.3 Å². The number of hydrogen-bond acceptors (Lipinski definition) is 5. The van der Waals surface area contributed by atoms with Crippen molar-refractivity contribution < 1.29 is 4.79 Å². The molecule has 4 nitrogen and oxygen atoms in total. The fourth-order valence-corrected chi connectivity index (χ4v) is 2.75. The van der Waals surface area contributed by atoms with E-state index >= 15 is 0 Å². The molecule has 0 bridgehead atoms. The Morgan fingerprint density at radius 2 is 2.53 bits per heavy atom. The van der Waals surface area contributed by atoms with Crippen molar-refractivity contribution in [2.75, 3.05) is 16.8 Å². The van der Waals surface area contributed by atoms with Crippen LogP contribution in [0.1, 0.15) is 18.9 Å². The van der Waals surface area contributed by atoms with Gasteiger partial charge in [0.25, 0.3) is 0 Å². The van der Waals surface area contributed by atoms with Crippen LogP contribution in [0.5, 0.6) is 0 Å². The summed E-state index contributed by atoms with van der Waals surface area (Å²) in [6.45, 7) is 2.02. The number of rotatable bonds is 6. The third kappa shape index (κ3) is 4.77. The Bertz CT molecular complexity index is 411. The first-order valence-electron chi connectivity index (χ1n) is 5.28. The number of anilines is 1. The van der Waals surface area contributed by atoms with Crippen molar-refractivity contribution in [1.82, 2.24) is 0 Å². The maximum Gasteiger partial charge on any atom is 0.235 e. The minimum absolute atomic E-state index is 0.0859. The molecule has 92 valence electrons. The molecule has 1 atom stereocenters. The van der Waals surface area contributed by atoms with Gasteiger partial charge in [0, 0.05) is 11.8 Å². The smallest absolute Gasteiger partial charge is 0.235 e. The van der Waals surface area contributed by atoms with Gasteiger partial charge in [0.05, 0.1) is 11.3 Å². The van der Waals surface area contributed by atoms with E-state index < -0.39 is 0 Å². The van der Waals surface area contributed by atoms with E-state index in [1.165, 1.54) is 23.1 Å². The van der Waals surface area contributed by atoms with Crippen LogP contribution in [0.4, 0.5) is 5.00 Å². The molecule has 1 rings (SSSR count). The Balaban J connectivity index is 2.33. The lowest BCUT2D eigenvalue weighted by Crippen LogP contribution is -2.23. The molecule has 0 fully saturated rings. The number of hydrogen-bond donors (Lipinski definition) is 2. The number of nitrogens with one attached hydrogen (secondary N) is 1. The van der Waals surface area contributed by atoms with Crippen LogP contribution in [-0.4, -0.2) is 23.5 Å². The zero-order chi connectivity index (χ0) is 12.7. The second-order valence-corrected chi connectivity index (χ2v) is 5.45. The second-order valence-electron chi connectivity index (χ2n) is 3.51. The average Bonchev–Trinajstić information content (AvgIpc) is 2.76. The molecule has 0 aliphatic heterocycles. The summed E-state index contributed by atoms with van der Waals surface area (Å²) in [7, 11) is 0. The van der Waals surface area contributed by atoms with Crippen molar-refractivity contribution in [2.45, 2.75) is 19.4 Å². The van der Waals surface area contributed by atoms with Crippen LogP contribution < -0.4 is 11.1 Å². The van der Waals surface area contributed by atoms with Gasteiger partial charge in [0.15, 0.2) is 0 Å². The number of thioether (sulfide) groups is 1. The van der Waals surface area contributed by atoms with Crippen molar-refractivity contribution in [2.24, 2.45) is 5.73 Å². The first-order valence-corrected chi connectivity index (χ1v) is 7.31. The van der Waals surface area contributed by atoms with Crippen LogP contribution in [0.3, 0.4) is 0 Å². The minimum Gasteiger partial charge on any atom is -0.327 e. The highest BCUT2D eigenvalue weighted by Crippen LogP contribution is 2.22. The van der Waals surface area contributed by atoms with Crippen molar-refractivity contribution in [3.8, 4) is 6.07 Å². The first kappa shape index (κ1) is 14.0. The molecular formula is C11H15N3OS2. The molecule has 1 aromatic heterocycles. The number of nitrogens with zero attached hydrogens (tertiary/aromatic N) is 1. The first-order chi connectivity index (χ1) is 8.17. The number of carbonyl (C=O) groups is 1. The molecule has 0 aliphatic rings. The van der Waals surface area contributed by atoms with Crippen LogP contribution >= 0.6 is 23.1 Å². The molecule has 0 aliphatic carbocycles. The molecule has 0 aromatic carbocycles. The van der Waals surface area contributed by atoms with E-state index in [1.807, 2.05) is 13.0 Å². The Morgan fingerprint density at radius 3 is 3.18 bits per heavy atom. The summed E-state index contributed by atoms with van der Waals surface area (Å²) in [4.78, 5) is 11.6. The lowest BCUT2D eigenvalue weighted by molar-refractivity contribution is -0.113. The summed E-state index contributed by atoms with van der Waals surface area (Å²) in [6, 6.07) is 3.87. The molecule has 1 amide bonds. The Kier molecular flexibility index (Phi) is 6.05. The van der Waals surface area contributed by atoms with E-state index in [-0.39, 0.29) is 11.9 Å². The maximum absolute atomic E-state index is 11.6. The Morgan fingerprint density at radius 1 is 1.76 bits per heavy atom. The van der Waals surface area contributed by atoms with E-state index in [0.717, 1.165) is 12.2 Å². The van der Waals surface area contributed by atoms with Gasteiger partial charge in [-0.2, -0.15) is 17.0 Å². The fourth-order valence-electron chi connectivity index (χ4n) is 1.08. The van der Waals surface area contributed by atoms with Crippen LogP contribution in [-0.2, 0) is 4.79 Å². The zero-order valence-corrected chi connectivity index (χ0v) is 11.2. The Labute approximate surface area is 109 Å². The molecule has 0 saturated carbocycles. The van der Waals surface area contributed by atoms with Gasteiger partial charge in [0.2, 0.25) is 5.91 Å². The summed E-state index contributed by atoms with van der Waals surface area (Å²) < 4.78 is 0. The molecule has 1 unspecified atom stereocenters. The number of thiophene rings is 1. The normalized spacial score (nSPS) is 11.8.